The largest absolute Gasteiger partial charge is 0.497 e. The van der Waals surface area contributed by atoms with E-state index in [0.717, 1.165) is 5.56 Å². The molecule has 0 aliphatic carbocycles. The second kappa shape index (κ2) is 12.2. The van der Waals surface area contributed by atoms with Gasteiger partial charge < -0.3 is 25.0 Å². The van der Waals surface area contributed by atoms with Gasteiger partial charge in [0.25, 0.3) is 5.91 Å². The average molecular weight is 496 g/mol. The van der Waals surface area contributed by atoms with Gasteiger partial charge in [0, 0.05) is 11.7 Å². The van der Waals surface area contributed by atoms with Crippen LogP contribution in [0.15, 0.2) is 55.1 Å². The Morgan fingerprint density at radius 1 is 1.03 bits per heavy atom. The van der Waals surface area contributed by atoms with Crippen LogP contribution >= 0.6 is 0 Å². The third-order valence-corrected chi connectivity index (χ3v) is 5.26. The molecular formula is C28H37N3O5. The van der Waals surface area contributed by atoms with Gasteiger partial charge in [0.05, 0.1) is 7.11 Å². The van der Waals surface area contributed by atoms with Crippen LogP contribution in [0.2, 0.25) is 0 Å². The van der Waals surface area contributed by atoms with Crippen molar-refractivity contribution in [3.8, 4) is 5.75 Å². The Morgan fingerprint density at radius 3 is 2.19 bits per heavy atom. The maximum Gasteiger partial charge on any atom is 0.408 e. The van der Waals surface area contributed by atoms with Gasteiger partial charge in [0.15, 0.2) is 0 Å². The van der Waals surface area contributed by atoms with E-state index in [4.69, 9.17) is 9.47 Å². The minimum absolute atomic E-state index is 0.362. The molecule has 2 rings (SSSR count). The molecule has 0 heterocycles. The van der Waals surface area contributed by atoms with Crippen LogP contribution in [-0.2, 0) is 14.3 Å². The number of carbonyl (C=O) groups excluding carboxylic acids is 3. The normalized spacial score (nSPS) is 12.8. The van der Waals surface area contributed by atoms with Crippen molar-refractivity contribution in [1.29, 1.82) is 0 Å². The molecule has 8 nitrogen and oxygen atoms in total. The van der Waals surface area contributed by atoms with Crippen molar-refractivity contribution in [2.75, 3.05) is 12.4 Å². The number of anilines is 1. The Bertz CT molecular complexity index is 1070. The lowest BCUT2D eigenvalue weighted by molar-refractivity contribution is -0.142. The van der Waals surface area contributed by atoms with E-state index in [0.29, 0.717) is 17.0 Å². The smallest absolute Gasteiger partial charge is 0.408 e. The highest BCUT2D eigenvalue weighted by Crippen LogP contribution is 2.28. The molecule has 0 spiro atoms. The summed E-state index contributed by atoms with van der Waals surface area (Å²) < 4.78 is 10.5. The van der Waals surface area contributed by atoms with E-state index in [-0.39, 0.29) is 6.04 Å². The summed E-state index contributed by atoms with van der Waals surface area (Å²) in [7, 11) is 1.56. The fourth-order valence-corrected chi connectivity index (χ4v) is 3.63. The van der Waals surface area contributed by atoms with Gasteiger partial charge in [-0.25, -0.2) is 4.79 Å². The molecule has 2 aromatic carbocycles. The Balaban J connectivity index is 2.43. The zero-order chi connectivity index (χ0) is 27.0. The summed E-state index contributed by atoms with van der Waals surface area (Å²) in [6.07, 6.45) is 0.968. The highest BCUT2D eigenvalue weighted by molar-refractivity contribution is 5.99. The van der Waals surface area contributed by atoms with Crippen molar-refractivity contribution in [1.82, 2.24) is 10.2 Å². The van der Waals surface area contributed by atoms with E-state index < -0.39 is 35.6 Å². The topological polar surface area (TPSA) is 97.0 Å². The molecule has 2 aromatic rings. The summed E-state index contributed by atoms with van der Waals surface area (Å²) in [5.41, 5.74) is 1.27. The number of nitrogens with one attached hydrogen (secondary N) is 2. The number of amides is 3. The average Bonchev–Trinajstić information content (AvgIpc) is 2.80. The van der Waals surface area contributed by atoms with Crippen LogP contribution in [0.4, 0.5) is 10.5 Å². The number of ether oxygens (including phenoxy) is 2. The number of methoxy groups -OCH3 is 1. The molecule has 2 N–H and O–H groups in total. The molecule has 3 amide bonds. The summed E-state index contributed by atoms with van der Waals surface area (Å²) in [4.78, 5) is 41.1. The van der Waals surface area contributed by atoms with Crippen LogP contribution in [0, 0.1) is 0 Å². The molecule has 0 aliphatic rings. The van der Waals surface area contributed by atoms with Crippen LogP contribution in [0.1, 0.15) is 58.7 Å². The number of carbonyl (C=O) groups is 3. The summed E-state index contributed by atoms with van der Waals surface area (Å²) in [5.74, 6) is -0.160. The Labute approximate surface area is 213 Å². The minimum Gasteiger partial charge on any atom is -0.497 e. The first-order valence-corrected chi connectivity index (χ1v) is 11.8. The quantitative estimate of drug-likeness (QED) is 0.500. The van der Waals surface area contributed by atoms with Crippen LogP contribution in [0.5, 0.6) is 5.75 Å². The Kier molecular flexibility index (Phi) is 9.67. The van der Waals surface area contributed by atoms with Crippen LogP contribution in [-0.4, -0.2) is 47.6 Å². The molecule has 2 atom stereocenters. The molecule has 0 bridgehead atoms. The molecule has 0 radical (unpaired) electrons. The standard InChI is InChI=1S/C28H37N3O5/c1-9-20-11-10-12-21(17-20)24(25(32)30-22-13-15-23(35-8)16-14-22)31(18(2)3)26(33)19(4)29-27(34)36-28(5,6)7/h9-19,24H,1H2,2-8H3,(H,29,34)(H,30,32). The molecular weight excluding hydrogens is 458 g/mol. The van der Waals surface area contributed by atoms with E-state index >= 15 is 0 Å². The SMILES string of the molecule is C=Cc1cccc(C(C(=O)Nc2ccc(OC)cc2)N(C(=O)C(C)NC(=O)OC(C)(C)C)C(C)C)c1. The Hall–Kier alpha value is -3.81. The molecule has 0 saturated carbocycles. The first-order valence-electron chi connectivity index (χ1n) is 11.8. The molecule has 0 fully saturated rings. The van der Waals surface area contributed by atoms with Crippen molar-refractivity contribution < 1.29 is 23.9 Å². The predicted octanol–water partition coefficient (Wildman–Crippen LogP) is 5.17. The fourth-order valence-electron chi connectivity index (χ4n) is 3.63. The molecule has 0 saturated heterocycles. The number of nitrogens with zero attached hydrogens (tertiary/aromatic N) is 1. The molecule has 36 heavy (non-hydrogen) atoms. The second-order valence-electron chi connectivity index (χ2n) is 9.70. The zero-order valence-corrected chi connectivity index (χ0v) is 22.1. The van der Waals surface area contributed by atoms with E-state index in [1.807, 2.05) is 32.0 Å². The van der Waals surface area contributed by atoms with E-state index in [1.165, 1.54) is 4.90 Å². The highest BCUT2D eigenvalue weighted by atomic mass is 16.6. The highest BCUT2D eigenvalue weighted by Gasteiger charge is 2.36. The van der Waals surface area contributed by atoms with Gasteiger partial charge in [-0.05, 0) is 83.0 Å². The van der Waals surface area contributed by atoms with Crippen molar-refractivity contribution >= 4 is 29.7 Å². The third-order valence-electron chi connectivity index (χ3n) is 5.26. The van der Waals surface area contributed by atoms with Gasteiger partial charge in [0.1, 0.15) is 23.4 Å². The zero-order valence-electron chi connectivity index (χ0n) is 22.1. The lowest BCUT2D eigenvalue weighted by Gasteiger charge is -2.36. The minimum atomic E-state index is -0.970. The Morgan fingerprint density at radius 2 is 1.67 bits per heavy atom. The van der Waals surface area contributed by atoms with Crippen molar-refractivity contribution in [2.45, 2.75) is 65.3 Å². The fraction of sp³-hybridized carbons (Fsp3) is 0.393. The van der Waals surface area contributed by atoms with Crippen molar-refractivity contribution in [2.24, 2.45) is 0 Å². The molecule has 8 heteroatoms. The third kappa shape index (κ3) is 7.86. The molecule has 0 aromatic heterocycles. The maximum atomic E-state index is 13.7. The number of benzene rings is 2. The van der Waals surface area contributed by atoms with Gasteiger partial charge in [-0.15, -0.1) is 0 Å². The molecule has 0 aliphatic heterocycles. The van der Waals surface area contributed by atoms with Gasteiger partial charge in [0.2, 0.25) is 5.91 Å². The van der Waals surface area contributed by atoms with Crippen molar-refractivity contribution in [3.05, 3.63) is 66.2 Å². The van der Waals surface area contributed by atoms with Gasteiger partial charge >= 0.3 is 6.09 Å². The monoisotopic (exact) mass is 495 g/mol. The second-order valence-corrected chi connectivity index (χ2v) is 9.70. The van der Waals surface area contributed by atoms with Gasteiger partial charge in [-0.2, -0.15) is 0 Å². The van der Waals surface area contributed by atoms with Crippen LogP contribution in [0.25, 0.3) is 6.08 Å². The maximum absolute atomic E-state index is 13.7. The first-order chi connectivity index (χ1) is 16.9. The summed E-state index contributed by atoms with van der Waals surface area (Å²) in [5, 5.41) is 5.49. The van der Waals surface area contributed by atoms with E-state index in [1.54, 1.807) is 71.2 Å². The summed E-state index contributed by atoms with van der Waals surface area (Å²) in [6.45, 7) is 14.3. The van der Waals surface area contributed by atoms with E-state index in [2.05, 4.69) is 17.2 Å². The molecule has 2 unspecified atom stereocenters. The predicted molar refractivity (Wildman–Crippen MR) is 142 cm³/mol. The van der Waals surface area contributed by atoms with Crippen LogP contribution in [0.3, 0.4) is 0 Å². The first kappa shape index (κ1) is 28.4. The van der Waals surface area contributed by atoms with Gasteiger partial charge in [-0.3, -0.25) is 9.59 Å². The van der Waals surface area contributed by atoms with Crippen LogP contribution < -0.4 is 15.4 Å². The number of rotatable bonds is 9. The number of hydrogen-bond acceptors (Lipinski definition) is 5. The molecule has 194 valence electrons. The van der Waals surface area contributed by atoms with Crippen molar-refractivity contribution in [3.63, 3.8) is 0 Å². The number of alkyl carbamates (subject to hydrolysis) is 1. The lowest BCUT2D eigenvalue weighted by atomic mass is 9.99. The lowest BCUT2D eigenvalue weighted by Crippen LogP contribution is -2.53. The summed E-state index contributed by atoms with van der Waals surface area (Å²) in [6, 6.07) is 11.9. The van der Waals surface area contributed by atoms with Gasteiger partial charge in [-0.1, -0.05) is 30.9 Å². The summed E-state index contributed by atoms with van der Waals surface area (Å²) >= 11 is 0. The van der Waals surface area contributed by atoms with E-state index in [9.17, 15) is 14.4 Å². The number of hydrogen-bond donors (Lipinski definition) is 2.